The van der Waals surface area contributed by atoms with E-state index in [4.69, 9.17) is 0 Å². The fourth-order valence-corrected chi connectivity index (χ4v) is 2.72. The van der Waals surface area contributed by atoms with Gasteiger partial charge >= 0.3 is 0 Å². The Balaban J connectivity index is 1.82. The van der Waals surface area contributed by atoms with E-state index in [2.05, 4.69) is 23.7 Å². The van der Waals surface area contributed by atoms with Crippen LogP contribution >= 0.6 is 0 Å². The van der Waals surface area contributed by atoms with Gasteiger partial charge in [0.2, 0.25) is 0 Å². The molecule has 0 spiro atoms. The van der Waals surface area contributed by atoms with Crippen LogP contribution in [0.25, 0.3) is 0 Å². The molecule has 0 bridgehead atoms. The van der Waals surface area contributed by atoms with E-state index in [9.17, 15) is 8.78 Å². The summed E-state index contributed by atoms with van der Waals surface area (Å²) in [4.78, 5) is 0. The predicted molar refractivity (Wildman–Crippen MR) is 112 cm³/mol. The van der Waals surface area contributed by atoms with E-state index in [0.717, 1.165) is 22.3 Å². The van der Waals surface area contributed by atoms with E-state index in [1.165, 1.54) is 12.1 Å². The molecule has 0 saturated heterocycles. The van der Waals surface area contributed by atoms with Gasteiger partial charge in [-0.1, -0.05) is 48.1 Å². The van der Waals surface area contributed by atoms with E-state index in [-0.39, 0.29) is 11.6 Å². The van der Waals surface area contributed by atoms with Crippen LogP contribution in [-0.2, 0) is 0 Å². The zero-order valence-corrected chi connectivity index (χ0v) is 16.0. The van der Waals surface area contributed by atoms with Crippen molar-refractivity contribution in [3.8, 4) is 23.7 Å². The van der Waals surface area contributed by atoms with Crippen LogP contribution in [0.15, 0.2) is 54.6 Å². The molecule has 0 aliphatic rings. The van der Waals surface area contributed by atoms with Gasteiger partial charge in [0.05, 0.1) is 5.56 Å². The van der Waals surface area contributed by atoms with Gasteiger partial charge in [-0.25, -0.2) is 8.78 Å². The number of aryl methyl sites for hydroxylation is 2. The lowest BCUT2D eigenvalue weighted by atomic mass is 9.73. The van der Waals surface area contributed by atoms with Gasteiger partial charge in [0.1, 0.15) is 11.6 Å². The van der Waals surface area contributed by atoms with Crippen molar-refractivity contribution >= 4 is 12.7 Å². The molecular weight excluding hydrogens is 349 g/mol. The van der Waals surface area contributed by atoms with Crippen LogP contribution in [0.1, 0.15) is 33.4 Å². The molecule has 0 aliphatic carbocycles. The first-order valence-electron chi connectivity index (χ1n) is 8.96. The molecule has 0 amide bonds. The fraction of sp³-hybridized carbons (Fsp3) is 0.120. The zero-order valence-electron chi connectivity index (χ0n) is 16.0. The van der Waals surface area contributed by atoms with E-state index < -0.39 is 0 Å². The van der Waals surface area contributed by atoms with Gasteiger partial charge in [-0.05, 0) is 67.4 Å². The third-order valence-electron chi connectivity index (χ3n) is 4.35. The minimum atomic E-state index is -0.313. The number of hydrogen-bond acceptors (Lipinski definition) is 0. The molecule has 3 aromatic carbocycles. The van der Waals surface area contributed by atoms with Crippen LogP contribution in [-0.4, -0.2) is 7.28 Å². The summed E-state index contributed by atoms with van der Waals surface area (Å²) in [5.74, 6) is 11.3. The highest BCUT2D eigenvalue weighted by molar-refractivity contribution is 6.52. The Morgan fingerprint density at radius 3 is 1.96 bits per heavy atom. The molecule has 0 saturated carbocycles. The second kappa shape index (κ2) is 8.60. The Bertz CT molecular complexity index is 1150. The van der Waals surface area contributed by atoms with Gasteiger partial charge in [-0.3, -0.25) is 0 Å². The highest BCUT2D eigenvalue weighted by Gasteiger charge is 2.01. The SMILES string of the molecule is C[B]c1ccc(C#Cc2ccc(C#Cc3ccc(C)cc3F)c(C)c2)cc1F. The van der Waals surface area contributed by atoms with E-state index >= 15 is 0 Å². The minimum absolute atomic E-state index is 0.278. The lowest BCUT2D eigenvalue weighted by Crippen LogP contribution is -2.15. The van der Waals surface area contributed by atoms with Crippen molar-refractivity contribution in [2.24, 2.45) is 0 Å². The average molecular weight is 367 g/mol. The highest BCUT2D eigenvalue weighted by atomic mass is 19.1. The summed E-state index contributed by atoms with van der Waals surface area (Å²) in [5.41, 5.74) is 5.02. The molecule has 0 N–H and O–H groups in total. The van der Waals surface area contributed by atoms with Crippen LogP contribution in [0.4, 0.5) is 8.78 Å². The second-order valence-corrected chi connectivity index (χ2v) is 6.54. The quantitative estimate of drug-likeness (QED) is 0.430. The van der Waals surface area contributed by atoms with Crippen LogP contribution in [0.5, 0.6) is 0 Å². The summed E-state index contributed by atoms with van der Waals surface area (Å²) in [7, 11) is 1.72. The third kappa shape index (κ3) is 4.70. The van der Waals surface area contributed by atoms with Gasteiger partial charge in [0.25, 0.3) is 0 Å². The van der Waals surface area contributed by atoms with Gasteiger partial charge in [-0.2, -0.15) is 0 Å². The maximum atomic E-state index is 13.9. The number of benzene rings is 3. The molecule has 3 rings (SSSR count). The van der Waals surface area contributed by atoms with Crippen molar-refractivity contribution < 1.29 is 8.78 Å². The number of halogens is 2. The lowest BCUT2D eigenvalue weighted by molar-refractivity contribution is 0.623. The second-order valence-electron chi connectivity index (χ2n) is 6.54. The first-order valence-corrected chi connectivity index (χ1v) is 8.96. The third-order valence-corrected chi connectivity index (χ3v) is 4.35. The zero-order chi connectivity index (χ0) is 20.1. The Morgan fingerprint density at radius 1 is 0.679 bits per heavy atom. The Kier molecular flexibility index (Phi) is 5.98. The molecule has 3 heteroatoms. The smallest absolute Gasteiger partial charge is 0.152 e. The summed E-state index contributed by atoms with van der Waals surface area (Å²) in [6.45, 7) is 5.58. The number of hydrogen-bond donors (Lipinski definition) is 0. The maximum absolute atomic E-state index is 13.9. The van der Waals surface area contributed by atoms with E-state index in [1.54, 1.807) is 32.3 Å². The molecule has 0 fully saturated rings. The lowest BCUT2D eigenvalue weighted by Gasteiger charge is -2.00. The average Bonchev–Trinajstić information content (AvgIpc) is 2.67. The van der Waals surface area contributed by atoms with Crippen molar-refractivity contribution in [3.05, 3.63) is 99.6 Å². The molecule has 0 aliphatic heterocycles. The largest absolute Gasteiger partial charge is 0.208 e. The topological polar surface area (TPSA) is 0 Å². The van der Waals surface area contributed by atoms with E-state index in [0.29, 0.717) is 16.6 Å². The minimum Gasteiger partial charge on any atom is -0.208 e. The van der Waals surface area contributed by atoms with Crippen LogP contribution in [0.3, 0.4) is 0 Å². The molecule has 0 heterocycles. The van der Waals surface area contributed by atoms with Crippen molar-refractivity contribution in [2.75, 3.05) is 0 Å². The normalized spacial score (nSPS) is 9.75. The predicted octanol–water partition coefficient (Wildman–Crippen LogP) is 4.76. The number of rotatable bonds is 1. The van der Waals surface area contributed by atoms with Crippen molar-refractivity contribution in [3.63, 3.8) is 0 Å². The van der Waals surface area contributed by atoms with Gasteiger partial charge < -0.3 is 0 Å². The van der Waals surface area contributed by atoms with Crippen molar-refractivity contribution in [2.45, 2.75) is 20.7 Å². The Labute approximate surface area is 165 Å². The summed E-state index contributed by atoms with van der Waals surface area (Å²) in [6, 6.07) is 15.6. The molecule has 0 atom stereocenters. The summed E-state index contributed by atoms with van der Waals surface area (Å²) < 4.78 is 27.7. The molecule has 0 nitrogen and oxygen atoms in total. The maximum Gasteiger partial charge on any atom is 0.152 e. The molecular formula is C25H18BF2. The highest BCUT2D eigenvalue weighted by Crippen LogP contribution is 2.12. The van der Waals surface area contributed by atoms with Crippen molar-refractivity contribution in [1.82, 2.24) is 0 Å². The summed E-state index contributed by atoms with van der Waals surface area (Å²) in [5, 5.41) is 0. The first kappa shape index (κ1) is 19.5. The molecule has 135 valence electrons. The molecule has 28 heavy (non-hydrogen) atoms. The molecule has 3 aromatic rings. The molecule has 1 radical (unpaired) electrons. The first-order chi connectivity index (χ1) is 13.5. The fourth-order valence-electron chi connectivity index (χ4n) is 2.72. The Hall–Kier alpha value is -3.30. The van der Waals surface area contributed by atoms with Crippen LogP contribution < -0.4 is 5.46 Å². The Morgan fingerprint density at radius 2 is 1.32 bits per heavy atom. The molecule has 0 unspecified atom stereocenters. The monoisotopic (exact) mass is 367 g/mol. The van der Waals surface area contributed by atoms with Crippen LogP contribution in [0, 0.1) is 49.2 Å². The van der Waals surface area contributed by atoms with Gasteiger partial charge in [0.15, 0.2) is 7.28 Å². The summed E-state index contributed by atoms with van der Waals surface area (Å²) >= 11 is 0. The molecule has 0 aromatic heterocycles. The van der Waals surface area contributed by atoms with Gasteiger partial charge in [0, 0.05) is 16.7 Å². The van der Waals surface area contributed by atoms with Crippen molar-refractivity contribution in [1.29, 1.82) is 0 Å². The van der Waals surface area contributed by atoms with Crippen LogP contribution in [0.2, 0.25) is 6.82 Å². The van der Waals surface area contributed by atoms with E-state index in [1.807, 2.05) is 38.1 Å². The standard InChI is InChI=1S/C25H18BF2/c1-17-4-9-22(24(27)14-17)12-11-21-10-7-19(15-18(21)2)5-6-20-8-13-23(26-3)25(28)16-20/h4,7-10,13-16H,1-3H3. The van der Waals surface area contributed by atoms with Gasteiger partial charge in [-0.15, -0.1) is 0 Å². The summed E-state index contributed by atoms with van der Waals surface area (Å²) in [6.07, 6.45) is 0.